The third kappa shape index (κ3) is 6.13. The highest BCUT2D eigenvalue weighted by atomic mass is 16.5. The Bertz CT molecular complexity index is 940. The maximum atomic E-state index is 12.4. The van der Waals surface area contributed by atoms with Crippen LogP contribution in [-0.2, 0) is 19.1 Å². The van der Waals surface area contributed by atoms with E-state index in [0.717, 1.165) is 24.8 Å². The summed E-state index contributed by atoms with van der Waals surface area (Å²) in [4.78, 5) is 37.6. The summed E-state index contributed by atoms with van der Waals surface area (Å²) in [6, 6.07) is 5.70. The van der Waals surface area contributed by atoms with E-state index in [-0.39, 0.29) is 24.4 Å². The van der Waals surface area contributed by atoms with Crippen molar-refractivity contribution in [3.63, 3.8) is 0 Å². The number of carbonyl (C=O) groups excluding carboxylic acids is 2. The summed E-state index contributed by atoms with van der Waals surface area (Å²) in [5.74, 6) is -1.85. The Morgan fingerprint density at radius 2 is 1.85 bits per heavy atom. The maximum absolute atomic E-state index is 12.4. The van der Waals surface area contributed by atoms with Crippen molar-refractivity contribution in [2.45, 2.75) is 38.1 Å². The van der Waals surface area contributed by atoms with Crippen molar-refractivity contribution in [2.75, 3.05) is 26.0 Å². The quantitative estimate of drug-likeness (QED) is 0.274. The highest BCUT2D eigenvalue weighted by Gasteiger charge is 2.39. The third-order valence-corrected chi connectivity index (χ3v) is 6.15. The lowest BCUT2D eigenvalue weighted by Gasteiger charge is -2.29. The van der Waals surface area contributed by atoms with Crippen LogP contribution in [0.2, 0.25) is 0 Å². The molecule has 1 aliphatic carbocycles. The zero-order valence-electron chi connectivity index (χ0n) is 18.7. The summed E-state index contributed by atoms with van der Waals surface area (Å²) < 4.78 is 10.6. The molecular weight excluding hydrogens is 426 g/mol. The van der Waals surface area contributed by atoms with Crippen LogP contribution in [0.1, 0.15) is 42.5 Å². The number of anilines is 1. The molecule has 178 valence electrons. The molecular formula is C24H31N3O6. The molecule has 1 aromatic rings. The molecule has 9 nitrogen and oxygen atoms in total. The average molecular weight is 458 g/mol. The van der Waals surface area contributed by atoms with Crippen LogP contribution in [-0.4, -0.2) is 54.2 Å². The summed E-state index contributed by atoms with van der Waals surface area (Å²) in [6.45, 7) is 0.836. The van der Waals surface area contributed by atoms with E-state index in [0.29, 0.717) is 36.2 Å². The van der Waals surface area contributed by atoms with Gasteiger partial charge in [0, 0.05) is 36.5 Å². The standard InChI is InChI=1S/C24H31N3O6/c1-32-24(31)20-13-27(11-3-2-4-21(26)22(28)29)12-19-16(7-10-18(19)20)14-33-23(30)15-5-8-17(25)9-6-15/h5-6,8-9,12-13,16,18,21H,2-4,7,10-11,14,25-26H2,1H3,(H,28,29). The number of ether oxygens (including phenoxy) is 2. The summed E-state index contributed by atoms with van der Waals surface area (Å²) in [5, 5.41) is 8.91. The number of fused-ring (bicyclic) bond motifs is 1. The molecule has 5 N–H and O–H groups in total. The summed E-state index contributed by atoms with van der Waals surface area (Å²) in [5.41, 5.74) is 13.9. The summed E-state index contributed by atoms with van der Waals surface area (Å²) in [7, 11) is 1.36. The van der Waals surface area contributed by atoms with Gasteiger partial charge in [-0.2, -0.15) is 0 Å². The Morgan fingerprint density at radius 1 is 1.12 bits per heavy atom. The number of esters is 2. The van der Waals surface area contributed by atoms with Crippen molar-refractivity contribution < 1.29 is 29.0 Å². The fourth-order valence-electron chi connectivity index (χ4n) is 4.30. The Kier molecular flexibility index (Phi) is 8.11. The fourth-order valence-corrected chi connectivity index (χ4v) is 4.30. The number of carboxylic acid groups (broad SMARTS) is 1. The molecule has 0 saturated heterocycles. The topological polar surface area (TPSA) is 145 Å². The van der Waals surface area contributed by atoms with Crippen LogP contribution >= 0.6 is 0 Å². The van der Waals surface area contributed by atoms with Crippen molar-refractivity contribution in [2.24, 2.45) is 17.6 Å². The number of carboxylic acids is 1. The highest BCUT2D eigenvalue weighted by Crippen LogP contribution is 2.44. The monoisotopic (exact) mass is 457 g/mol. The third-order valence-electron chi connectivity index (χ3n) is 6.15. The Labute approximate surface area is 193 Å². The fraction of sp³-hybridized carbons (Fsp3) is 0.458. The van der Waals surface area contributed by atoms with Gasteiger partial charge in [-0.25, -0.2) is 9.59 Å². The number of nitrogens with zero attached hydrogens (tertiary/aromatic N) is 1. The highest BCUT2D eigenvalue weighted by molar-refractivity contribution is 5.90. The van der Waals surface area contributed by atoms with E-state index in [2.05, 4.69) is 0 Å². The molecule has 1 saturated carbocycles. The van der Waals surface area contributed by atoms with Crippen LogP contribution in [0.4, 0.5) is 5.69 Å². The van der Waals surface area contributed by atoms with Crippen LogP contribution in [0, 0.1) is 11.8 Å². The Hall–Kier alpha value is -3.33. The van der Waals surface area contributed by atoms with E-state index >= 15 is 0 Å². The number of nitrogens with two attached hydrogens (primary N) is 2. The minimum absolute atomic E-state index is 0.00372. The average Bonchev–Trinajstić information content (AvgIpc) is 3.22. The number of methoxy groups -OCH3 is 1. The van der Waals surface area contributed by atoms with Gasteiger partial charge in [0.05, 0.1) is 24.9 Å². The second-order valence-electron chi connectivity index (χ2n) is 8.43. The molecule has 3 rings (SSSR count). The molecule has 0 amide bonds. The minimum atomic E-state index is -1.01. The number of hydrogen-bond donors (Lipinski definition) is 3. The van der Waals surface area contributed by atoms with E-state index in [9.17, 15) is 14.4 Å². The second-order valence-corrected chi connectivity index (χ2v) is 8.43. The lowest BCUT2D eigenvalue weighted by Crippen LogP contribution is -2.30. The maximum Gasteiger partial charge on any atom is 0.338 e. The summed E-state index contributed by atoms with van der Waals surface area (Å²) >= 11 is 0. The van der Waals surface area contributed by atoms with Gasteiger partial charge in [0.1, 0.15) is 6.04 Å². The largest absolute Gasteiger partial charge is 0.480 e. The SMILES string of the molecule is COC(=O)C1=CN(CCCCC(N)C(=O)O)C=C2C(COC(=O)c3ccc(N)cc3)CCC12. The number of hydrogen-bond acceptors (Lipinski definition) is 8. The van der Waals surface area contributed by atoms with E-state index in [1.54, 1.807) is 30.5 Å². The van der Waals surface area contributed by atoms with Gasteiger partial charge in [-0.05, 0) is 61.9 Å². The Morgan fingerprint density at radius 3 is 2.52 bits per heavy atom. The van der Waals surface area contributed by atoms with Gasteiger partial charge in [0.25, 0.3) is 0 Å². The lowest BCUT2D eigenvalue weighted by molar-refractivity contribution is -0.139. The molecule has 1 heterocycles. The first kappa shape index (κ1) is 24.3. The second kappa shape index (κ2) is 11.0. The molecule has 3 unspecified atom stereocenters. The first-order valence-corrected chi connectivity index (χ1v) is 11.1. The molecule has 0 bridgehead atoms. The van der Waals surface area contributed by atoms with E-state index in [1.807, 2.05) is 11.1 Å². The van der Waals surface area contributed by atoms with E-state index in [1.165, 1.54) is 7.11 Å². The number of unbranched alkanes of at least 4 members (excludes halogenated alkanes) is 1. The zero-order chi connectivity index (χ0) is 24.0. The first-order chi connectivity index (χ1) is 15.8. The van der Waals surface area contributed by atoms with Gasteiger partial charge in [0.15, 0.2) is 0 Å². The molecule has 1 aliphatic heterocycles. The van der Waals surface area contributed by atoms with Gasteiger partial charge < -0.3 is 30.9 Å². The van der Waals surface area contributed by atoms with Crippen molar-refractivity contribution in [3.05, 3.63) is 53.4 Å². The molecule has 0 radical (unpaired) electrons. The number of carbonyl (C=O) groups is 3. The van der Waals surface area contributed by atoms with Crippen LogP contribution in [0.5, 0.6) is 0 Å². The predicted molar refractivity (Wildman–Crippen MR) is 122 cm³/mol. The predicted octanol–water partition coefficient (Wildman–Crippen LogP) is 2.29. The van der Waals surface area contributed by atoms with Gasteiger partial charge >= 0.3 is 17.9 Å². The molecule has 0 aromatic heterocycles. The number of rotatable bonds is 10. The smallest absolute Gasteiger partial charge is 0.338 e. The van der Waals surface area contributed by atoms with Gasteiger partial charge in [0.2, 0.25) is 0 Å². The van der Waals surface area contributed by atoms with Crippen LogP contribution in [0.25, 0.3) is 0 Å². The van der Waals surface area contributed by atoms with Crippen LogP contribution < -0.4 is 11.5 Å². The number of benzene rings is 1. The summed E-state index contributed by atoms with van der Waals surface area (Å²) in [6.07, 6.45) is 7.15. The van der Waals surface area contributed by atoms with Crippen molar-refractivity contribution >= 4 is 23.6 Å². The van der Waals surface area contributed by atoms with Gasteiger partial charge in [-0.15, -0.1) is 0 Å². The molecule has 33 heavy (non-hydrogen) atoms. The normalized spacial score (nSPS) is 20.4. The molecule has 1 fully saturated rings. The number of nitrogen functional groups attached to an aromatic ring is 1. The molecule has 9 heteroatoms. The van der Waals surface area contributed by atoms with Gasteiger partial charge in [-0.3, -0.25) is 4.79 Å². The minimum Gasteiger partial charge on any atom is -0.480 e. The van der Waals surface area contributed by atoms with Crippen LogP contribution in [0.15, 0.2) is 47.8 Å². The molecule has 2 aliphatic rings. The van der Waals surface area contributed by atoms with E-state index < -0.39 is 18.0 Å². The first-order valence-electron chi connectivity index (χ1n) is 11.1. The molecule has 1 aromatic carbocycles. The van der Waals surface area contributed by atoms with E-state index in [4.69, 9.17) is 26.0 Å². The lowest BCUT2D eigenvalue weighted by atomic mass is 9.89. The van der Waals surface area contributed by atoms with Crippen molar-refractivity contribution in [1.82, 2.24) is 4.90 Å². The zero-order valence-corrected chi connectivity index (χ0v) is 18.7. The van der Waals surface area contributed by atoms with Crippen LogP contribution in [0.3, 0.4) is 0 Å². The molecule has 3 atom stereocenters. The van der Waals surface area contributed by atoms with Gasteiger partial charge in [-0.1, -0.05) is 0 Å². The van der Waals surface area contributed by atoms with Crippen molar-refractivity contribution in [1.29, 1.82) is 0 Å². The van der Waals surface area contributed by atoms with Crippen molar-refractivity contribution in [3.8, 4) is 0 Å². The Balaban J connectivity index is 1.64. The number of aliphatic carboxylic acids is 1. The molecule has 0 spiro atoms.